The Morgan fingerprint density at radius 1 is 1.13 bits per heavy atom. The van der Waals surface area contributed by atoms with Crippen molar-refractivity contribution in [3.63, 3.8) is 0 Å². The smallest absolute Gasteiger partial charge is 0.0721 e. The van der Waals surface area contributed by atoms with E-state index in [0.29, 0.717) is 0 Å². The lowest BCUT2D eigenvalue weighted by Crippen LogP contribution is -2.19. The number of aliphatic imine (C=N–C) groups is 1. The molecule has 2 aliphatic carbocycles. The van der Waals surface area contributed by atoms with Crippen LogP contribution in [-0.4, -0.2) is 9.22 Å². The number of rotatable bonds is 0. The van der Waals surface area contributed by atoms with E-state index in [1.807, 2.05) is 0 Å². The topological polar surface area (TPSA) is 12.4 Å². The highest BCUT2D eigenvalue weighted by Gasteiger charge is 2.21. The van der Waals surface area contributed by atoms with Crippen LogP contribution in [0.1, 0.15) is 45.4 Å². The summed E-state index contributed by atoms with van der Waals surface area (Å²) in [5, 5.41) is 0. The monoisotopic (exact) mass is 313 g/mol. The number of fused-ring (bicyclic) bond motifs is 1. The second kappa shape index (κ2) is 3.96. The van der Waals surface area contributed by atoms with Crippen molar-refractivity contribution in [2.75, 3.05) is 0 Å². The predicted octanol–water partition coefficient (Wildman–Crippen LogP) is 4.11. The molecule has 2 heteroatoms. The van der Waals surface area contributed by atoms with Crippen LogP contribution in [0.15, 0.2) is 25.9 Å². The van der Waals surface area contributed by atoms with Gasteiger partial charge in [0.25, 0.3) is 0 Å². The second-order valence-corrected chi connectivity index (χ2v) is 7.69. The van der Waals surface area contributed by atoms with Crippen molar-refractivity contribution in [1.82, 2.24) is 0 Å². The molecule has 0 aromatic rings. The zero-order chi connectivity index (χ0) is 10.3. The van der Waals surface area contributed by atoms with Gasteiger partial charge in [-0.05, 0) is 51.5 Å². The van der Waals surface area contributed by atoms with Crippen LogP contribution in [0.5, 0.6) is 0 Å². The minimum absolute atomic E-state index is 0.194. The highest BCUT2D eigenvalue weighted by molar-refractivity contribution is 14.2. The Balaban J connectivity index is 2.04. The van der Waals surface area contributed by atoms with E-state index in [-0.39, 0.29) is 20.7 Å². The van der Waals surface area contributed by atoms with Gasteiger partial charge in [-0.1, -0.05) is 26.3 Å². The first-order chi connectivity index (χ1) is 7.33. The summed E-state index contributed by atoms with van der Waals surface area (Å²) in [4.78, 5) is 4.89. The molecular formula is C13H16IN. The standard InChI is InChI=1S/C13H16IN/c1-9-6-7-11-13(8-9)15-12-5-3-2-4-10(12)14-11/h8H,2-7H2,1H3. The van der Waals surface area contributed by atoms with Gasteiger partial charge >= 0.3 is 0 Å². The molecule has 0 atom stereocenters. The molecule has 3 rings (SSSR count). The normalized spacial score (nSPS) is 25.5. The quantitative estimate of drug-likeness (QED) is 0.597. The van der Waals surface area contributed by atoms with Crippen molar-refractivity contribution in [2.45, 2.75) is 45.4 Å². The number of hydrogen-bond acceptors (Lipinski definition) is 1. The Morgan fingerprint density at radius 3 is 2.93 bits per heavy atom. The van der Waals surface area contributed by atoms with E-state index in [2.05, 4.69) is 13.0 Å². The van der Waals surface area contributed by atoms with Gasteiger partial charge in [0.1, 0.15) is 0 Å². The summed E-state index contributed by atoms with van der Waals surface area (Å²) < 4.78 is 3.46. The van der Waals surface area contributed by atoms with Gasteiger partial charge in [-0.3, -0.25) is 4.99 Å². The molecule has 0 aromatic heterocycles. The van der Waals surface area contributed by atoms with Crippen molar-refractivity contribution in [3.05, 3.63) is 20.9 Å². The lowest BCUT2D eigenvalue weighted by molar-refractivity contribution is 0.782. The molecule has 0 N–H and O–H groups in total. The van der Waals surface area contributed by atoms with Crippen LogP contribution in [0, 0.1) is 0 Å². The van der Waals surface area contributed by atoms with Crippen molar-refractivity contribution in [2.24, 2.45) is 4.99 Å². The summed E-state index contributed by atoms with van der Waals surface area (Å²) in [6.45, 7) is 2.24. The summed E-state index contributed by atoms with van der Waals surface area (Å²) in [7, 11) is 0. The van der Waals surface area contributed by atoms with E-state index in [0.717, 1.165) is 0 Å². The number of nitrogens with zero attached hydrogens (tertiary/aromatic N) is 1. The maximum Gasteiger partial charge on any atom is 0.0721 e. The Bertz CT molecular complexity index is 424. The van der Waals surface area contributed by atoms with Crippen LogP contribution >= 0.6 is 20.7 Å². The van der Waals surface area contributed by atoms with Crippen LogP contribution < -0.4 is 0 Å². The molecule has 0 unspecified atom stereocenters. The number of halogens is 1. The molecule has 15 heavy (non-hydrogen) atoms. The lowest BCUT2D eigenvalue weighted by atomic mass is 9.98. The SMILES string of the molecule is CC1=CC2=C(CC1)I=C1CCCCC1=N2. The average molecular weight is 313 g/mol. The van der Waals surface area contributed by atoms with Crippen LogP contribution in [-0.2, 0) is 0 Å². The summed E-state index contributed by atoms with van der Waals surface area (Å²) in [6.07, 6.45) is 10.3. The number of hydrogen-bond donors (Lipinski definition) is 0. The summed E-state index contributed by atoms with van der Waals surface area (Å²) in [5.74, 6) is 0. The molecule has 80 valence electrons. The van der Waals surface area contributed by atoms with E-state index >= 15 is 0 Å². The fourth-order valence-electron chi connectivity index (χ4n) is 2.36. The molecule has 0 amide bonds. The van der Waals surface area contributed by atoms with Crippen LogP contribution in [0.3, 0.4) is 0 Å². The Kier molecular flexibility index (Phi) is 2.63. The Morgan fingerprint density at radius 2 is 2.00 bits per heavy atom. The van der Waals surface area contributed by atoms with Gasteiger partial charge in [0.2, 0.25) is 0 Å². The molecule has 1 nitrogen and oxygen atoms in total. The third kappa shape index (κ3) is 1.88. The van der Waals surface area contributed by atoms with E-state index in [1.54, 1.807) is 7.09 Å². The zero-order valence-electron chi connectivity index (χ0n) is 9.15. The van der Waals surface area contributed by atoms with E-state index in [4.69, 9.17) is 4.99 Å². The maximum absolute atomic E-state index is 4.89. The van der Waals surface area contributed by atoms with Gasteiger partial charge in [-0.2, -0.15) is 0 Å². The molecule has 0 radical (unpaired) electrons. The fraction of sp³-hybridized carbons (Fsp3) is 0.538. The number of allylic oxidation sites excluding steroid dienone is 3. The van der Waals surface area contributed by atoms with Crippen molar-refractivity contribution < 1.29 is 0 Å². The van der Waals surface area contributed by atoms with Crippen LogP contribution in [0.4, 0.5) is 0 Å². The molecule has 1 heterocycles. The molecule has 1 saturated carbocycles. The highest BCUT2D eigenvalue weighted by Crippen LogP contribution is 2.38. The second-order valence-electron chi connectivity index (χ2n) is 4.55. The average Bonchev–Trinajstić information content (AvgIpc) is 2.26. The summed E-state index contributed by atoms with van der Waals surface area (Å²) in [6, 6.07) is 0. The minimum atomic E-state index is 0.194. The van der Waals surface area contributed by atoms with Crippen molar-refractivity contribution in [3.8, 4) is 0 Å². The van der Waals surface area contributed by atoms with Gasteiger partial charge < -0.3 is 0 Å². The molecule has 0 bridgehead atoms. The molecular weight excluding hydrogens is 297 g/mol. The summed E-state index contributed by atoms with van der Waals surface area (Å²) >= 11 is 0.194. The Labute approximate surface area is 101 Å². The van der Waals surface area contributed by atoms with Gasteiger partial charge in [0.15, 0.2) is 0 Å². The molecule has 0 saturated heterocycles. The maximum atomic E-state index is 4.89. The lowest BCUT2D eigenvalue weighted by Gasteiger charge is -2.23. The van der Waals surface area contributed by atoms with Crippen molar-refractivity contribution >= 4 is 30.0 Å². The first kappa shape index (κ1) is 9.94. The molecule has 0 spiro atoms. The third-order valence-corrected chi connectivity index (χ3v) is 6.81. The van der Waals surface area contributed by atoms with Crippen molar-refractivity contribution in [1.29, 1.82) is 0 Å². The molecule has 3 aliphatic rings. The zero-order valence-corrected chi connectivity index (χ0v) is 11.3. The predicted molar refractivity (Wildman–Crippen MR) is 74.9 cm³/mol. The first-order valence-electron chi connectivity index (χ1n) is 5.82. The molecule has 1 aliphatic heterocycles. The fourth-order valence-corrected chi connectivity index (χ4v) is 5.59. The van der Waals surface area contributed by atoms with Crippen LogP contribution in [0.25, 0.3) is 0 Å². The molecule has 1 fully saturated rings. The van der Waals surface area contributed by atoms with Gasteiger partial charge in [0.05, 0.1) is 5.70 Å². The highest BCUT2D eigenvalue weighted by atomic mass is 127. The summed E-state index contributed by atoms with van der Waals surface area (Å²) in [5.41, 5.74) is 4.34. The first-order valence-corrected chi connectivity index (χ1v) is 7.97. The van der Waals surface area contributed by atoms with E-state index in [1.165, 1.54) is 55.5 Å². The van der Waals surface area contributed by atoms with Gasteiger partial charge in [-0.25, -0.2) is 0 Å². The van der Waals surface area contributed by atoms with Crippen LogP contribution in [0.2, 0.25) is 0 Å². The largest absolute Gasteiger partial charge is 0.252 e. The molecule has 0 aromatic carbocycles. The third-order valence-electron chi connectivity index (χ3n) is 3.26. The van der Waals surface area contributed by atoms with E-state index < -0.39 is 0 Å². The van der Waals surface area contributed by atoms with Gasteiger partial charge in [0, 0.05) is 12.8 Å². The van der Waals surface area contributed by atoms with E-state index in [9.17, 15) is 0 Å². The Hall–Kier alpha value is -0.250. The minimum Gasteiger partial charge on any atom is -0.252 e. The van der Waals surface area contributed by atoms with Gasteiger partial charge in [-0.15, -0.1) is 0 Å².